The molecule has 0 amide bonds. The lowest BCUT2D eigenvalue weighted by molar-refractivity contribution is 0.112. The standard InChI is InChI=1S/C16H13NO2/c18-11-14-5-2-4-13-7-8-17(16(13)14)10-12-3-1-6-15(19)9-12/h1-9,11,19H,10H2. The zero-order valence-electron chi connectivity index (χ0n) is 10.3. The molecule has 0 unspecified atom stereocenters. The van der Waals surface area contributed by atoms with Gasteiger partial charge in [0.15, 0.2) is 6.29 Å². The molecule has 0 fully saturated rings. The maximum atomic E-state index is 11.1. The summed E-state index contributed by atoms with van der Waals surface area (Å²) in [6.45, 7) is 0.628. The van der Waals surface area contributed by atoms with Crippen molar-refractivity contribution >= 4 is 17.2 Å². The van der Waals surface area contributed by atoms with E-state index in [9.17, 15) is 9.90 Å². The number of aromatic hydroxyl groups is 1. The van der Waals surface area contributed by atoms with E-state index in [0.717, 1.165) is 22.8 Å². The van der Waals surface area contributed by atoms with Crippen molar-refractivity contribution in [3.05, 3.63) is 65.9 Å². The third-order valence-electron chi connectivity index (χ3n) is 3.21. The number of hydrogen-bond donors (Lipinski definition) is 1. The van der Waals surface area contributed by atoms with E-state index < -0.39 is 0 Å². The van der Waals surface area contributed by atoms with E-state index in [1.807, 2.05) is 47.2 Å². The van der Waals surface area contributed by atoms with Gasteiger partial charge in [-0.15, -0.1) is 0 Å². The van der Waals surface area contributed by atoms with Crippen molar-refractivity contribution in [2.75, 3.05) is 0 Å². The first-order valence-corrected chi connectivity index (χ1v) is 6.09. The molecule has 3 aromatic rings. The quantitative estimate of drug-likeness (QED) is 0.726. The SMILES string of the molecule is O=Cc1cccc2ccn(Cc3cccc(O)c3)c12. The number of fused-ring (bicyclic) bond motifs is 1. The molecule has 0 bridgehead atoms. The second-order valence-corrected chi connectivity index (χ2v) is 4.52. The van der Waals surface area contributed by atoms with Gasteiger partial charge in [0.05, 0.1) is 5.52 Å². The Labute approximate surface area is 110 Å². The summed E-state index contributed by atoms with van der Waals surface area (Å²) in [7, 11) is 0. The average Bonchev–Trinajstić information content (AvgIpc) is 2.82. The molecule has 0 aliphatic carbocycles. The van der Waals surface area contributed by atoms with Crippen LogP contribution in [0.3, 0.4) is 0 Å². The Balaban J connectivity index is 2.08. The van der Waals surface area contributed by atoms with E-state index in [-0.39, 0.29) is 5.75 Å². The molecule has 1 N–H and O–H groups in total. The van der Waals surface area contributed by atoms with Gasteiger partial charge in [-0.1, -0.05) is 24.3 Å². The predicted octanol–water partition coefficient (Wildman–Crippen LogP) is 3.21. The molecule has 2 aromatic carbocycles. The van der Waals surface area contributed by atoms with E-state index in [1.165, 1.54) is 0 Å². The summed E-state index contributed by atoms with van der Waals surface area (Å²) in [5.74, 6) is 0.254. The van der Waals surface area contributed by atoms with Crippen molar-refractivity contribution in [2.45, 2.75) is 6.54 Å². The molecule has 1 aromatic heterocycles. The number of hydrogen-bond acceptors (Lipinski definition) is 2. The van der Waals surface area contributed by atoms with Gasteiger partial charge in [-0.05, 0) is 29.8 Å². The van der Waals surface area contributed by atoms with Gasteiger partial charge in [-0.2, -0.15) is 0 Å². The van der Waals surface area contributed by atoms with Gasteiger partial charge in [0, 0.05) is 23.7 Å². The first-order valence-electron chi connectivity index (χ1n) is 6.09. The van der Waals surface area contributed by atoms with Crippen molar-refractivity contribution in [1.29, 1.82) is 0 Å². The van der Waals surface area contributed by atoms with Crippen LogP contribution in [-0.2, 0) is 6.54 Å². The van der Waals surface area contributed by atoms with Crippen LogP contribution in [0.15, 0.2) is 54.7 Å². The molecular weight excluding hydrogens is 238 g/mol. The summed E-state index contributed by atoms with van der Waals surface area (Å²) in [6, 6.07) is 14.8. The Morgan fingerprint density at radius 3 is 2.74 bits per heavy atom. The monoisotopic (exact) mass is 251 g/mol. The van der Waals surface area contributed by atoms with Gasteiger partial charge in [-0.25, -0.2) is 0 Å². The number of phenols is 1. The zero-order chi connectivity index (χ0) is 13.2. The maximum Gasteiger partial charge on any atom is 0.152 e. The molecule has 0 atom stereocenters. The Kier molecular flexibility index (Phi) is 2.80. The van der Waals surface area contributed by atoms with E-state index in [4.69, 9.17) is 0 Å². The van der Waals surface area contributed by atoms with Crippen molar-refractivity contribution in [3.8, 4) is 5.75 Å². The van der Waals surface area contributed by atoms with Crippen LogP contribution in [0.2, 0.25) is 0 Å². The van der Waals surface area contributed by atoms with Crippen LogP contribution in [0.25, 0.3) is 10.9 Å². The van der Waals surface area contributed by atoms with Crippen molar-refractivity contribution in [1.82, 2.24) is 4.57 Å². The molecular formula is C16H13NO2. The number of benzene rings is 2. The third-order valence-corrected chi connectivity index (χ3v) is 3.21. The highest BCUT2D eigenvalue weighted by atomic mass is 16.3. The van der Waals surface area contributed by atoms with Gasteiger partial charge in [0.25, 0.3) is 0 Å². The van der Waals surface area contributed by atoms with Crippen LogP contribution in [0.5, 0.6) is 5.75 Å². The molecule has 3 rings (SSSR count). The van der Waals surface area contributed by atoms with Crippen LogP contribution >= 0.6 is 0 Å². The zero-order valence-corrected chi connectivity index (χ0v) is 10.3. The molecule has 94 valence electrons. The Hall–Kier alpha value is -2.55. The highest BCUT2D eigenvalue weighted by Gasteiger charge is 2.06. The number of phenolic OH excluding ortho intramolecular Hbond substituents is 1. The third kappa shape index (κ3) is 2.10. The van der Waals surface area contributed by atoms with Gasteiger partial charge in [0.1, 0.15) is 5.75 Å². The predicted molar refractivity (Wildman–Crippen MR) is 74.5 cm³/mol. The molecule has 0 spiro atoms. The lowest BCUT2D eigenvalue weighted by atomic mass is 10.1. The minimum absolute atomic E-state index is 0.254. The second-order valence-electron chi connectivity index (χ2n) is 4.52. The first kappa shape index (κ1) is 11.5. The maximum absolute atomic E-state index is 11.1. The molecule has 19 heavy (non-hydrogen) atoms. The highest BCUT2D eigenvalue weighted by Crippen LogP contribution is 2.21. The Morgan fingerprint density at radius 2 is 1.95 bits per heavy atom. The smallest absolute Gasteiger partial charge is 0.152 e. The number of carbonyl (C=O) groups is 1. The van der Waals surface area contributed by atoms with E-state index in [0.29, 0.717) is 12.1 Å². The molecule has 0 saturated carbocycles. The van der Waals surface area contributed by atoms with Crippen molar-refractivity contribution in [3.63, 3.8) is 0 Å². The molecule has 0 saturated heterocycles. The number of carbonyl (C=O) groups excluding carboxylic acids is 1. The minimum Gasteiger partial charge on any atom is -0.508 e. The van der Waals surface area contributed by atoms with Gasteiger partial charge < -0.3 is 9.67 Å². The fraction of sp³-hybridized carbons (Fsp3) is 0.0625. The molecule has 0 aliphatic heterocycles. The van der Waals surface area contributed by atoms with Crippen LogP contribution < -0.4 is 0 Å². The Morgan fingerprint density at radius 1 is 1.11 bits per heavy atom. The molecule has 0 radical (unpaired) electrons. The van der Waals surface area contributed by atoms with Gasteiger partial charge >= 0.3 is 0 Å². The average molecular weight is 251 g/mol. The molecule has 0 aliphatic rings. The van der Waals surface area contributed by atoms with Crippen LogP contribution in [0.4, 0.5) is 0 Å². The first-order chi connectivity index (χ1) is 9.28. The summed E-state index contributed by atoms with van der Waals surface area (Å²) in [5.41, 5.74) is 2.61. The molecule has 3 nitrogen and oxygen atoms in total. The highest BCUT2D eigenvalue weighted by molar-refractivity contribution is 5.96. The number of rotatable bonds is 3. The van der Waals surface area contributed by atoms with Crippen LogP contribution in [-0.4, -0.2) is 16.0 Å². The van der Waals surface area contributed by atoms with Gasteiger partial charge in [-0.3, -0.25) is 4.79 Å². The number of para-hydroxylation sites is 1. The number of aromatic nitrogens is 1. The van der Waals surface area contributed by atoms with Gasteiger partial charge in [0.2, 0.25) is 0 Å². The van der Waals surface area contributed by atoms with Crippen LogP contribution in [0, 0.1) is 0 Å². The summed E-state index contributed by atoms with van der Waals surface area (Å²) in [4.78, 5) is 11.1. The second kappa shape index (κ2) is 4.61. The summed E-state index contributed by atoms with van der Waals surface area (Å²) >= 11 is 0. The van der Waals surface area contributed by atoms with E-state index in [2.05, 4.69) is 0 Å². The lowest BCUT2D eigenvalue weighted by Gasteiger charge is -2.07. The van der Waals surface area contributed by atoms with Crippen molar-refractivity contribution < 1.29 is 9.90 Å². The number of nitrogens with zero attached hydrogens (tertiary/aromatic N) is 1. The minimum atomic E-state index is 0.254. The number of aldehydes is 1. The normalized spacial score (nSPS) is 10.7. The summed E-state index contributed by atoms with van der Waals surface area (Å²) in [6.07, 6.45) is 2.84. The molecule has 3 heteroatoms. The van der Waals surface area contributed by atoms with Crippen LogP contribution in [0.1, 0.15) is 15.9 Å². The Bertz CT molecular complexity index is 743. The summed E-state index contributed by atoms with van der Waals surface area (Å²) < 4.78 is 2.02. The largest absolute Gasteiger partial charge is 0.508 e. The topological polar surface area (TPSA) is 42.2 Å². The fourth-order valence-corrected chi connectivity index (χ4v) is 2.37. The lowest BCUT2D eigenvalue weighted by Crippen LogP contribution is -1.99. The molecule has 1 heterocycles. The van der Waals surface area contributed by atoms with Crippen molar-refractivity contribution in [2.24, 2.45) is 0 Å². The fourth-order valence-electron chi connectivity index (χ4n) is 2.37. The summed E-state index contributed by atoms with van der Waals surface area (Å²) in [5, 5.41) is 10.5. The van der Waals surface area contributed by atoms with E-state index >= 15 is 0 Å². The van der Waals surface area contributed by atoms with E-state index in [1.54, 1.807) is 12.1 Å².